The van der Waals surface area contributed by atoms with E-state index in [-0.39, 0.29) is 11.9 Å². The Morgan fingerprint density at radius 3 is 2.76 bits per heavy atom. The van der Waals surface area contributed by atoms with E-state index in [2.05, 4.69) is 10.3 Å². The Kier molecular flexibility index (Phi) is 4.97. The summed E-state index contributed by atoms with van der Waals surface area (Å²) < 4.78 is 5.37. The predicted octanol–water partition coefficient (Wildman–Crippen LogP) is 2.74. The van der Waals surface area contributed by atoms with Gasteiger partial charge in [-0.1, -0.05) is 12.5 Å². The normalized spacial score (nSPS) is 19.4. The van der Waals surface area contributed by atoms with E-state index in [4.69, 9.17) is 4.74 Å². The number of benzene rings is 1. The number of rotatable bonds is 5. The quantitative estimate of drug-likeness (QED) is 0.874. The molecular weight excluding hydrogens is 320 g/mol. The molecule has 130 valence electrons. The summed E-state index contributed by atoms with van der Waals surface area (Å²) in [7, 11) is 1.57. The van der Waals surface area contributed by atoms with Crippen molar-refractivity contribution in [2.24, 2.45) is 5.92 Å². The monoisotopic (exact) mass is 340 g/mol. The van der Waals surface area contributed by atoms with E-state index in [0.29, 0.717) is 29.8 Å². The first-order chi connectivity index (χ1) is 12.1. The highest BCUT2D eigenvalue weighted by atomic mass is 16.5. The summed E-state index contributed by atoms with van der Waals surface area (Å²) in [4.78, 5) is 28.2. The minimum Gasteiger partial charge on any atom is -0.496 e. The number of aliphatic carboxylic acids is 1. The summed E-state index contributed by atoms with van der Waals surface area (Å²) in [6, 6.07) is 10.3. The number of carboxylic acids is 1. The van der Waals surface area contributed by atoms with E-state index >= 15 is 0 Å². The van der Waals surface area contributed by atoms with Crippen LogP contribution in [0.5, 0.6) is 5.75 Å². The zero-order valence-electron chi connectivity index (χ0n) is 13.9. The van der Waals surface area contributed by atoms with Crippen LogP contribution in [-0.2, 0) is 4.79 Å². The summed E-state index contributed by atoms with van der Waals surface area (Å²) in [5.74, 6) is -1.03. The number of carbonyl (C=O) groups excluding carboxylic acids is 1. The van der Waals surface area contributed by atoms with Crippen LogP contribution in [0.1, 0.15) is 29.6 Å². The minimum atomic E-state index is -0.855. The highest BCUT2D eigenvalue weighted by molar-refractivity contribution is 5.96. The van der Waals surface area contributed by atoms with E-state index in [1.165, 1.54) is 0 Å². The third kappa shape index (κ3) is 3.63. The van der Waals surface area contributed by atoms with E-state index in [9.17, 15) is 14.7 Å². The van der Waals surface area contributed by atoms with Crippen molar-refractivity contribution in [3.8, 4) is 17.0 Å². The molecule has 0 saturated heterocycles. The highest BCUT2D eigenvalue weighted by Gasteiger charge is 2.34. The number of pyridine rings is 1. The Bertz CT molecular complexity index is 776. The average molecular weight is 340 g/mol. The van der Waals surface area contributed by atoms with Crippen molar-refractivity contribution in [1.29, 1.82) is 0 Å². The number of carboxylic acid groups (broad SMARTS) is 1. The van der Waals surface area contributed by atoms with E-state index in [1.807, 2.05) is 18.2 Å². The molecular formula is C19H20N2O4. The number of amides is 1. The maximum absolute atomic E-state index is 12.6. The molecule has 6 heteroatoms. The fourth-order valence-electron chi connectivity index (χ4n) is 3.25. The molecule has 0 bridgehead atoms. The van der Waals surface area contributed by atoms with Gasteiger partial charge in [0.25, 0.3) is 5.91 Å². The second kappa shape index (κ2) is 7.34. The SMILES string of the molecule is COc1ccc(C(=O)N[C@@H]2CCC[C@@H]2C(=O)O)cc1-c1ccccn1. The lowest BCUT2D eigenvalue weighted by atomic mass is 10.0. The predicted molar refractivity (Wildman–Crippen MR) is 92.5 cm³/mol. The first-order valence-corrected chi connectivity index (χ1v) is 8.23. The van der Waals surface area contributed by atoms with Crippen molar-refractivity contribution in [2.75, 3.05) is 7.11 Å². The van der Waals surface area contributed by atoms with Gasteiger partial charge in [-0.15, -0.1) is 0 Å². The van der Waals surface area contributed by atoms with Gasteiger partial charge in [0, 0.05) is 23.4 Å². The van der Waals surface area contributed by atoms with Crippen LogP contribution in [0.3, 0.4) is 0 Å². The third-order valence-electron chi connectivity index (χ3n) is 4.55. The zero-order valence-corrected chi connectivity index (χ0v) is 13.9. The van der Waals surface area contributed by atoms with Crippen LogP contribution < -0.4 is 10.1 Å². The van der Waals surface area contributed by atoms with Crippen molar-refractivity contribution >= 4 is 11.9 Å². The molecule has 1 fully saturated rings. The standard InChI is InChI=1S/C19H20N2O4/c1-25-17-9-8-12(11-14(17)15-6-2-3-10-20-15)18(22)21-16-7-4-5-13(16)19(23)24/h2-3,6,8-11,13,16H,4-5,7H2,1H3,(H,21,22)(H,23,24)/t13-,16+/m0/s1. The summed E-state index contributed by atoms with van der Waals surface area (Å²) in [6.07, 6.45) is 3.77. The van der Waals surface area contributed by atoms with Gasteiger partial charge in [-0.25, -0.2) is 0 Å². The maximum atomic E-state index is 12.6. The summed E-state index contributed by atoms with van der Waals surface area (Å²) in [5.41, 5.74) is 1.88. The van der Waals surface area contributed by atoms with Gasteiger partial charge in [-0.2, -0.15) is 0 Å². The van der Waals surface area contributed by atoms with E-state index in [0.717, 1.165) is 12.0 Å². The number of hydrogen-bond donors (Lipinski definition) is 2. The fraction of sp³-hybridized carbons (Fsp3) is 0.316. The summed E-state index contributed by atoms with van der Waals surface area (Å²) in [6.45, 7) is 0. The molecule has 2 atom stereocenters. The van der Waals surface area contributed by atoms with Gasteiger partial charge < -0.3 is 15.2 Å². The number of hydrogen-bond acceptors (Lipinski definition) is 4. The van der Waals surface area contributed by atoms with Crippen molar-refractivity contribution in [3.05, 3.63) is 48.2 Å². The van der Waals surface area contributed by atoms with E-state index in [1.54, 1.807) is 31.5 Å². The van der Waals surface area contributed by atoms with Gasteiger partial charge in [0.15, 0.2) is 0 Å². The fourth-order valence-corrected chi connectivity index (χ4v) is 3.25. The molecule has 1 aromatic carbocycles. The maximum Gasteiger partial charge on any atom is 0.308 e. The Morgan fingerprint density at radius 1 is 1.24 bits per heavy atom. The third-order valence-corrected chi connectivity index (χ3v) is 4.55. The van der Waals surface area contributed by atoms with E-state index < -0.39 is 11.9 Å². The van der Waals surface area contributed by atoms with Crippen LogP contribution in [0.4, 0.5) is 0 Å². The van der Waals surface area contributed by atoms with Gasteiger partial charge in [0.2, 0.25) is 0 Å². The molecule has 6 nitrogen and oxygen atoms in total. The Labute approximate surface area is 145 Å². The minimum absolute atomic E-state index is 0.280. The molecule has 0 aliphatic heterocycles. The zero-order chi connectivity index (χ0) is 17.8. The van der Waals surface area contributed by atoms with Crippen molar-refractivity contribution in [1.82, 2.24) is 10.3 Å². The van der Waals surface area contributed by atoms with Crippen LogP contribution in [0.15, 0.2) is 42.6 Å². The van der Waals surface area contributed by atoms with Gasteiger partial charge in [-0.05, 0) is 43.2 Å². The molecule has 1 aliphatic rings. The van der Waals surface area contributed by atoms with Gasteiger partial charge in [0.05, 0.1) is 18.7 Å². The lowest BCUT2D eigenvalue weighted by Gasteiger charge is -2.18. The number of nitrogens with zero attached hydrogens (tertiary/aromatic N) is 1. The molecule has 0 spiro atoms. The average Bonchev–Trinajstić information content (AvgIpc) is 3.10. The number of aromatic nitrogens is 1. The van der Waals surface area contributed by atoms with Crippen LogP contribution in [0.25, 0.3) is 11.3 Å². The van der Waals surface area contributed by atoms with Gasteiger partial charge >= 0.3 is 5.97 Å². The number of methoxy groups -OCH3 is 1. The first-order valence-electron chi connectivity index (χ1n) is 8.23. The molecule has 3 rings (SSSR count). The molecule has 25 heavy (non-hydrogen) atoms. The Morgan fingerprint density at radius 2 is 2.08 bits per heavy atom. The molecule has 1 saturated carbocycles. The van der Waals surface area contributed by atoms with Crippen molar-refractivity contribution in [2.45, 2.75) is 25.3 Å². The smallest absolute Gasteiger partial charge is 0.308 e. The molecule has 1 amide bonds. The lowest BCUT2D eigenvalue weighted by Crippen LogP contribution is -2.40. The second-order valence-electron chi connectivity index (χ2n) is 6.09. The molecule has 1 aromatic heterocycles. The Balaban J connectivity index is 1.85. The Hall–Kier alpha value is -2.89. The lowest BCUT2D eigenvalue weighted by molar-refractivity contribution is -0.142. The molecule has 1 aliphatic carbocycles. The van der Waals surface area contributed by atoms with Crippen molar-refractivity contribution < 1.29 is 19.4 Å². The molecule has 2 aromatic rings. The molecule has 0 radical (unpaired) electrons. The molecule has 0 unspecified atom stereocenters. The number of nitrogens with one attached hydrogen (secondary N) is 1. The van der Waals surface area contributed by atoms with Gasteiger partial charge in [-0.3, -0.25) is 14.6 Å². The largest absolute Gasteiger partial charge is 0.496 e. The second-order valence-corrected chi connectivity index (χ2v) is 6.09. The molecule has 1 heterocycles. The first kappa shape index (κ1) is 17.0. The number of carbonyl (C=O) groups is 2. The molecule has 2 N–H and O–H groups in total. The van der Waals surface area contributed by atoms with Crippen LogP contribution in [0, 0.1) is 5.92 Å². The summed E-state index contributed by atoms with van der Waals surface area (Å²) >= 11 is 0. The highest BCUT2D eigenvalue weighted by Crippen LogP contribution is 2.30. The topological polar surface area (TPSA) is 88.5 Å². The number of ether oxygens (including phenoxy) is 1. The van der Waals surface area contributed by atoms with Crippen molar-refractivity contribution in [3.63, 3.8) is 0 Å². The van der Waals surface area contributed by atoms with Crippen LogP contribution >= 0.6 is 0 Å². The van der Waals surface area contributed by atoms with Crippen LogP contribution in [0.2, 0.25) is 0 Å². The summed E-state index contributed by atoms with van der Waals surface area (Å²) in [5, 5.41) is 12.1. The van der Waals surface area contributed by atoms with Gasteiger partial charge in [0.1, 0.15) is 5.75 Å². The van der Waals surface area contributed by atoms with Crippen LogP contribution in [-0.4, -0.2) is 35.1 Å².